The Bertz CT molecular complexity index is 1240. The van der Waals surface area contributed by atoms with Gasteiger partial charge in [0, 0.05) is 67.4 Å². The topological polar surface area (TPSA) is 13.0 Å². The maximum absolute atomic E-state index is 2.54. The van der Waals surface area contributed by atoms with Crippen LogP contribution in [0, 0.1) is 0 Å². The molecular formula is C42H66N4. The lowest BCUT2D eigenvalue weighted by molar-refractivity contribution is 0.380. The quantitative estimate of drug-likeness (QED) is 0.270. The van der Waals surface area contributed by atoms with E-state index in [0.717, 1.165) is 17.1 Å². The molecule has 0 aliphatic heterocycles. The maximum Gasteiger partial charge on any atom is 0.0482 e. The molecule has 0 unspecified atom stereocenters. The average Bonchev–Trinajstić information content (AvgIpc) is 2.79. The fraction of sp³-hybridized carbons (Fsp3) is 0.571. The van der Waals surface area contributed by atoms with Crippen molar-refractivity contribution in [2.75, 3.05) is 19.6 Å². The van der Waals surface area contributed by atoms with Gasteiger partial charge in [-0.2, -0.15) is 0 Å². The lowest BCUT2D eigenvalue weighted by atomic mass is 9.94. The summed E-state index contributed by atoms with van der Waals surface area (Å²) in [6, 6.07) is 27.3. The van der Waals surface area contributed by atoms with Gasteiger partial charge in [0.2, 0.25) is 0 Å². The summed E-state index contributed by atoms with van der Waals surface area (Å²) in [5, 5.41) is 0. The molecule has 0 saturated carbocycles. The van der Waals surface area contributed by atoms with E-state index in [2.05, 4.69) is 217 Å². The molecule has 0 N–H and O–H groups in total. The van der Waals surface area contributed by atoms with Gasteiger partial charge in [-0.1, -0.05) is 18.2 Å². The van der Waals surface area contributed by atoms with Crippen molar-refractivity contribution in [3.05, 3.63) is 72.8 Å². The smallest absolute Gasteiger partial charge is 0.0482 e. The van der Waals surface area contributed by atoms with E-state index in [1.165, 1.54) is 17.1 Å². The number of rotatable bonds is 6. The van der Waals surface area contributed by atoms with Gasteiger partial charge < -0.3 is 19.6 Å². The number of hydrogen-bond acceptors (Lipinski definition) is 4. The molecule has 0 amide bonds. The predicted molar refractivity (Wildman–Crippen MR) is 207 cm³/mol. The van der Waals surface area contributed by atoms with Crippen LogP contribution in [-0.2, 0) is 0 Å². The van der Waals surface area contributed by atoms with Crippen LogP contribution in [0.2, 0.25) is 0 Å². The number of hydrogen-bond donors (Lipinski definition) is 0. The van der Waals surface area contributed by atoms with Crippen LogP contribution in [0.5, 0.6) is 0 Å². The average molecular weight is 627 g/mol. The first-order chi connectivity index (χ1) is 20.6. The minimum atomic E-state index is -0.0542. The highest BCUT2D eigenvalue weighted by atomic mass is 15.3. The fourth-order valence-corrected chi connectivity index (χ4v) is 8.10. The molecule has 4 heteroatoms. The van der Waals surface area contributed by atoms with Crippen molar-refractivity contribution >= 4 is 34.1 Å². The summed E-state index contributed by atoms with van der Waals surface area (Å²) >= 11 is 0. The fourth-order valence-electron chi connectivity index (χ4n) is 8.10. The zero-order valence-corrected chi connectivity index (χ0v) is 32.7. The van der Waals surface area contributed by atoms with Gasteiger partial charge in [-0.25, -0.2) is 0 Å². The second-order valence-corrected chi connectivity index (χ2v) is 18.9. The molecule has 0 aliphatic rings. The van der Waals surface area contributed by atoms with Gasteiger partial charge in [0.1, 0.15) is 0 Å². The standard InChI is InChI=1S/C42H66N4/c1-37(2,3)44(38(4,5)6)34-25-19-22-31(28-34)43(32-23-20-26-35(29-32)45(39(7,8)9)40(10,11)12)33-24-21-27-36(30-33)46(41(13,14)15)42(16,17)18/h19-30H,1-18H3. The highest BCUT2D eigenvalue weighted by molar-refractivity contribution is 5.82. The van der Waals surface area contributed by atoms with Crippen LogP contribution in [0.4, 0.5) is 34.1 Å². The van der Waals surface area contributed by atoms with Gasteiger partial charge in [0.15, 0.2) is 0 Å². The van der Waals surface area contributed by atoms with Crippen molar-refractivity contribution in [3.8, 4) is 0 Å². The molecule has 46 heavy (non-hydrogen) atoms. The Hall–Kier alpha value is -3.14. The van der Waals surface area contributed by atoms with Crippen molar-refractivity contribution in [1.29, 1.82) is 0 Å². The van der Waals surface area contributed by atoms with Gasteiger partial charge in [0.05, 0.1) is 0 Å². The largest absolute Gasteiger partial charge is 0.362 e. The van der Waals surface area contributed by atoms with Gasteiger partial charge in [-0.3, -0.25) is 0 Å². The molecule has 0 saturated heterocycles. The third-order valence-corrected chi connectivity index (χ3v) is 8.06. The monoisotopic (exact) mass is 627 g/mol. The van der Waals surface area contributed by atoms with Crippen molar-refractivity contribution in [3.63, 3.8) is 0 Å². The molecule has 3 rings (SSSR count). The summed E-state index contributed by atoms with van der Waals surface area (Å²) in [6.45, 7) is 41.4. The molecule has 0 bridgehead atoms. The van der Waals surface area contributed by atoms with Crippen LogP contribution in [0.1, 0.15) is 125 Å². The van der Waals surface area contributed by atoms with Gasteiger partial charge in [0.25, 0.3) is 0 Å². The van der Waals surface area contributed by atoms with Crippen LogP contribution < -0.4 is 19.6 Å². The lowest BCUT2D eigenvalue weighted by Crippen LogP contribution is -2.53. The normalized spacial score (nSPS) is 13.4. The first-order valence-corrected chi connectivity index (χ1v) is 17.1. The molecular weight excluding hydrogens is 560 g/mol. The summed E-state index contributed by atoms with van der Waals surface area (Å²) in [5.74, 6) is 0. The summed E-state index contributed by atoms with van der Waals surface area (Å²) in [4.78, 5) is 10.1. The number of anilines is 6. The van der Waals surface area contributed by atoms with Gasteiger partial charge in [-0.05, 0) is 179 Å². The highest BCUT2D eigenvalue weighted by Gasteiger charge is 2.35. The molecule has 0 aliphatic carbocycles. The highest BCUT2D eigenvalue weighted by Crippen LogP contribution is 2.43. The number of nitrogens with zero attached hydrogens (tertiary/aromatic N) is 4. The van der Waals surface area contributed by atoms with Gasteiger partial charge in [-0.15, -0.1) is 0 Å². The third kappa shape index (κ3) is 8.60. The van der Waals surface area contributed by atoms with Gasteiger partial charge >= 0.3 is 0 Å². The zero-order chi connectivity index (χ0) is 35.3. The summed E-state index contributed by atoms with van der Waals surface area (Å²) < 4.78 is 0. The van der Waals surface area contributed by atoms with E-state index < -0.39 is 0 Å². The molecule has 4 nitrogen and oxygen atoms in total. The van der Waals surface area contributed by atoms with E-state index >= 15 is 0 Å². The minimum absolute atomic E-state index is 0.0542. The van der Waals surface area contributed by atoms with Crippen LogP contribution >= 0.6 is 0 Å². The van der Waals surface area contributed by atoms with E-state index in [1.54, 1.807) is 0 Å². The molecule has 0 fully saturated rings. The Labute approximate surface area is 283 Å². The Balaban J connectivity index is 2.38. The van der Waals surface area contributed by atoms with E-state index in [4.69, 9.17) is 0 Å². The van der Waals surface area contributed by atoms with Crippen molar-refractivity contribution in [2.45, 2.75) is 158 Å². The first-order valence-electron chi connectivity index (χ1n) is 17.1. The first kappa shape index (κ1) is 37.3. The van der Waals surface area contributed by atoms with E-state index in [-0.39, 0.29) is 33.2 Å². The molecule has 0 heterocycles. The molecule has 3 aromatic carbocycles. The summed E-state index contributed by atoms with van der Waals surface area (Å²) in [6.07, 6.45) is 0. The van der Waals surface area contributed by atoms with Crippen LogP contribution in [0.25, 0.3) is 0 Å². The summed E-state index contributed by atoms with van der Waals surface area (Å²) in [5.41, 5.74) is 6.74. The minimum Gasteiger partial charge on any atom is -0.362 e. The molecule has 3 aromatic rings. The SMILES string of the molecule is CC(C)(C)N(c1cccc(N(c2cccc(N(C(C)(C)C)C(C)(C)C)c2)c2cccc(N(C(C)(C)C)C(C)(C)C)c2)c1)C(C)(C)C. The second kappa shape index (κ2) is 12.5. The van der Waals surface area contributed by atoms with E-state index in [9.17, 15) is 0 Å². The Kier molecular flexibility index (Phi) is 10.1. The molecule has 254 valence electrons. The van der Waals surface area contributed by atoms with Crippen molar-refractivity contribution in [1.82, 2.24) is 0 Å². The Morgan fingerprint density at radius 3 is 0.630 bits per heavy atom. The molecule has 0 aromatic heterocycles. The predicted octanol–water partition coefficient (Wildman–Crippen LogP) is 12.4. The zero-order valence-electron chi connectivity index (χ0n) is 32.7. The molecule has 0 radical (unpaired) electrons. The van der Waals surface area contributed by atoms with Crippen LogP contribution in [-0.4, -0.2) is 33.2 Å². The summed E-state index contributed by atoms with van der Waals surface area (Å²) in [7, 11) is 0. The Morgan fingerprint density at radius 1 is 0.283 bits per heavy atom. The third-order valence-electron chi connectivity index (χ3n) is 8.06. The lowest BCUT2D eigenvalue weighted by Gasteiger charge is -2.48. The van der Waals surface area contributed by atoms with E-state index in [1.807, 2.05) is 0 Å². The van der Waals surface area contributed by atoms with Crippen LogP contribution in [0.15, 0.2) is 72.8 Å². The van der Waals surface area contributed by atoms with Crippen molar-refractivity contribution < 1.29 is 0 Å². The van der Waals surface area contributed by atoms with Crippen molar-refractivity contribution in [2.24, 2.45) is 0 Å². The maximum atomic E-state index is 2.54. The van der Waals surface area contributed by atoms with E-state index in [0.29, 0.717) is 0 Å². The van der Waals surface area contributed by atoms with Crippen LogP contribution in [0.3, 0.4) is 0 Å². The Morgan fingerprint density at radius 2 is 0.457 bits per heavy atom. The second-order valence-electron chi connectivity index (χ2n) is 18.9. The number of benzene rings is 3. The molecule has 0 atom stereocenters. The molecule has 0 spiro atoms.